The number of hydrogen-bond donors (Lipinski definition) is 1. The molecule has 25 heavy (non-hydrogen) atoms. The van der Waals surface area contributed by atoms with Crippen molar-refractivity contribution < 1.29 is 14.3 Å². The predicted molar refractivity (Wildman–Crippen MR) is 94.3 cm³/mol. The SMILES string of the molecule is CCc1cccc(NC(=O)COC(=O)c2ccc3nccnc3c2)c1. The van der Waals surface area contributed by atoms with Crippen molar-refractivity contribution in [3.05, 3.63) is 66.0 Å². The molecule has 0 aliphatic carbocycles. The van der Waals surface area contributed by atoms with Crippen LogP contribution in [0, 0.1) is 0 Å². The summed E-state index contributed by atoms with van der Waals surface area (Å²) in [7, 11) is 0. The van der Waals surface area contributed by atoms with Gasteiger partial charge in [-0.25, -0.2) is 4.79 Å². The Hall–Kier alpha value is -3.28. The summed E-state index contributed by atoms with van der Waals surface area (Å²) in [6.45, 7) is 1.68. The first-order chi connectivity index (χ1) is 12.2. The van der Waals surface area contributed by atoms with Crippen LogP contribution in [0.1, 0.15) is 22.8 Å². The number of nitrogens with one attached hydrogen (secondary N) is 1. The molecule has 6 heteroatoms. The highest BCUT2D eigenvalue weighted by Gasteiger charge is 2.11. The van der Waals surface area contributed by atoms with Crippen molar-refractivity contribution in [1.29, 1.82) is 0 Å². The van der Waals surface area contributed by atoms with Crippen molar-refractivity contribution in [2.45, 2.75) is 13.3 Å². The van der Waals surface area contributed by atoms with E-state index >= 15 is 0 Å². The zero-order valence-electron chi connectivity index (χ0n) is 13.7. The molecule has 0 fully saturated rings. The molecule has 6 nitrogen and oxygen atoms in total. The fraction of sp³-hybridized carbons (Fsp3) is 0.158. The van der Waals surface area contributed by atoms with Gasteiger partial charge >= 0.3 is 5.97 Å². The summed E-state index contributed by atoms with van der Waals surface area (Å²) in [6, 6.07) is 12.4. The van der Waals surface area contributed by atoms with Gasteiger partial charge in [-0.3, -0.25) is 14.8 Å². The summed E-state index contributed by atoms with van der Waals surface area (Å²) >= 11 is 0. The third-order valence-electron chi connectivity index (χ3n) is 3.66. The van der Waals surface area contributed by atoms with Crippen molar-refractivity contribution in [2.75, 3.05) is 11.9 Å². The molecule has 1 amide bonds. The van der Waals surface area contributed by atoms with Gasteiger partial charge in [-0.05, 0) is 42.3 Å². The molecule has 0 atom stereocenters. The third-order valence-corrected chi connectivity index (χ3v) is 3.66. The van der Waals surface area contributed by atoms with E-state index in [4.69, 9.17) is 4.74 Å². The highest BCUT2D eigenvalue weighted by Crippen LogP contribution is 2.13. The van der Waals surface area contributed by atoms with E-state index in [9.17, 15) is 9.59 Å². The Morgan fingerprint density at radius 1 is 1.04 bits per heavy atom. The smallest absolute Gasteiger partial charge is 0.338 e. The minimum absolute atomic E-state index is 0.328. The van der Waals surface area contributed by atoms with Gasteiger partial charge in [-0.2, -0.15) is 0 Å². The van der Waals surface area contributed by atoms with E-state index in [0.29, 0.717) is 22.3 Å². The number of anilines is 1. The summed E-state index contributed by atoms with van der Waals surface area (Å²) in [6.07, 6.45) is 4.01. The van der Waals surface area contributed by atoms with Gasteiger partial charge < -0.3 is 10.1 Å². The van der Waals surface area contributed by atoms with Crippen LogP contribution in [0.3, 0.4) is 0 Å². The van der Waals surface area contributed by atoms with E-state index in [0.717, 1.165) is 12.0 Å². The summed E-state index contributed by atoms with van der Waals surface area (Å²) in [5, 5.41) is 2.71. The van der Waals surface area contributed by atoms with Crippen molar-refractivity contribution in [2.24, 2.45) is 0 Å². The molecule has 2 aromatic carbocycles. The lowest BCUT2D eigenvalue weighted by atomic mass is 10.1. The second-order valence-electron chi connectivity index (χ2n) is 5.44. The van der Waals surface area contributed by atoms with Crippen LogP contribution in [0.2, 0.25) is 0 Å². The number of esters is 1. The lowest BCUT2D eigenvalue weighted by molar-refractivity contribution is -0.119. The van der Waals surface area contributed by atoms with Crippen LogP contribution in [-0.2, 0) is 16.0 Å². The summed E-state index contributed by atoms with van der Waals surface area (Å²) in [5.41, 5.74) is 3.41. The Bertz CT molecular complexity index is 924. The van der Waals surface area contributed by atoms with E-state index in [1.165, 1.54) is 0 Å². The van der Waals surface area contributed by atoms with Crippen LogP contribution in [0.25, 0.3) is 11.0 Å². The minimum atomic E-state index is -0.579. The molecular weight excluding hydrogens is 318 g/mol. The maximum Gasteiger partial charge on any atom is 0.338 e. The number of benzene rings is 2. The third kappa shape index (κ3) is 4.17. The number of carbonyl (C=O) groups excluding carboxylic acids is 2. The lowest BCUT2D eigenvalue weighted by Crippen LogP contribution is -2.21. The van der Waals surface area contributed by atoms with Gasteiger partial charge in [0, 0.05) is 18.1 Å². The van der Waals surface area contributed by atoms with Gasteiger partial charge in [0.2, 0.25) is 0 Å². The van der Waals surface area contributed by atoms with Crippen LogP contribution < -0.4 is 5.32 Å². The van der Waals surface area contributed by atoms with Crippen LogP contribution in [0.4, 0.5) is 5.69 Å². The molecule has 0 saturated heterocycles. The van der Waals surface area contributed by atoms with E-state index < -0.39 is 5.97 Å². The van der Waals surface area contributed by atoms with Crippen molar-refractivity contribution in [3.63, 3.8) is 0 Å². The van der Waals surface area contributed by atoms with E-state index in [1.807, 2.05) is 25.1 Å². The number of ether oxygens (including phenoxy) is 1. The van der Waals surface area contributed by atoms with E-state index in [1.54, 1.807) is 36.7 Å². The fourth-order valence-corrected chi connectivity index (χ4v) is 2.37. The zero-order chi connectivity index (χ0) is 17.6. The summed E-state index contributed by atoms with van der Waals surface area (Å²) < 4.78 is 5.07. The molecule has 1 heterocycles. The number of aryl methyl sites for hydroxylation is 1. The van der Waals surface area contributed by atoms with Crippen LogP contribution in [0.5, 0.6) is 0 Å². The molecule has 3 rings (SSSR count). The molecule has 0 saturated carbocycles. The summed E-state index contributed by atoms with van der Waals surface area (Å²) in [4.78, 5) is 32.3. The van der Waals surface area contributed by atoms with Crippen LogP contribution in [-0.4, -0.2) is 28.5 Å². The molecule has 0 aliphatic heterocycles. The number of hydrogen-bond acceptors (Lipinski definition) is 5. The molecule has 0 spiro atoms. The lowest BCUT2D eigenvalue weighted by Gasteiger charge is -2.08. The second-order valence-corrected chi connectivity index (χ2v) is 5.44. The van der Waals surface area contributed by atoms with Gasteiger partial charge in [0.1, 0.15) is 0 Å². The molecule has 1 N–H and O–H groups in total. The Balaban J connectivity index is 1.59. The molecule has 1 aromatic heterocycles. The summed E-state index contributed by atoms with van der Waals surface area (Å²) in [5.74, 6) is -0.966. The van der Waals surface area contributed by atoms with Crippen LogP contribution >= 0.6 is 0 Å². The molecule has 3 aromatic rings. The molecule has 0 radical (unpaired) electrons. The number of amides is 1. The Labute approximate surface area is 144 Å². The van der Waals surface area contributed by atoms with Gasteiger partial charge in [-0.15, -0.1) is 0 Å². The number of aromatic nitrogens is 2. The molecular formula is C19H17N3O3. The number of nitrogens with zero attached hydrogens (tertiary/aromatic N) is 2. The minimum Gasteiger partial charge on any atom is -0.452 e. The Morgan fingerprint density at radius 2 is 1.84 bits per heavy atom. The van der Waals surface area contributed by atoms with Crippen molar-refractivity contribution in [3.8, 4) is 0 Å². The maximum absolute atomic E-state index is 12.1. The molecule has 126 valence electrons. The molecule has 0 unspecified atom stereocenters. The first-order valence-electron chi connectivity index (χ1n) is 7.92. The first kappa shape index (κ1) is 16.6. The van der Waals surface area contributed by atoms with Gasteiger partial charge in [0.05, 0.1) is 16.6 Å². The number of fused-ring (bicyclic) bond motifs is 1. The average molecular weight is 335 g/mol. The monoisotopic (exact) mass is 335 g/mol. The van der Waals surface area contributed by atoms with Gasteiger partial charge in [-0.1, -0.05) is 19.1 Å². The van der Waals surface area contributed by atoms with Crippen molar-refractivity contribution >= 4 is 28.6 Å². The largest absolute Gasteiger partial charge is 0.452 e. The molecule has 0 aliphatic rings. The maximum atomic E-state index is 12.1. The fourth-order valence-electron chi connectivity index (χ4n) is 2.37. The van der Waals surface area contributed by atoms with Gasteiger partial charge in [0.15, 0.2) is 6.61 Å². The Kier molecular flexibility index (Phi) is 4.99. The molecule has 0 bridgehead atoms. The van der Waals surface area contributed by atoms with E-state index in [2.05, 4.69) is 15.3 Å². The average Bonchev–Trinajstić information content (AvgIpc) is 2.65. The van der Waals surface area contributed by atoms with E-state index in [-0.39, 0.29) is 12.5 Å². The number of carbonyl (C=O) groups is 2. The predicted octanol–water partition coefficient (Wildman–Crippen LogP) is 2.99. The van der Waals surface area contributed by atoms with Gasteiger partial charge in [0.25, 0.3) is 5.91 Å². The first-order valence-corrected chi connectivity index (χ1v) is 7.92. The van der Waals surface area contributed by atoms with Crippen LogP contribution in [0.15, 0.2) is 54.9 Å². The van der Waals surface area contributed by atoms with Crippen molar-refractivity contribution in [1.82, 2.24) is 9.97 Å². The Morgan fingerprint density at radius 3 is 2.64 bits per heavy atom. The topological polar surface area (TPSA) is 81.2 Å². The standard InChI is InChI=1S/C19H17N3O3/c1-2-13-4-3-5-15(10-13)22-18(23)12-25-19(24)14-6-7-16-17(11-14)21-9-8-20-16/h3-11H,2,12H2,1H3,(H,22,23). The second kappa shape index (κ2) is 7.53. The quantitative estimate of drug-likeness (QED) is 0.725. The number of rotatable bonds is 5. The zero-order valence-corrected chi connectivity index (χ0v) is 13.7. The highest BCUT2D eigenvalue weighted by molar-refractivity contribution is 5.97. The normalized spacial score (nSPS) is 10.4. The highest BCUT2D eigenvalue weighted by atomic mass is 16.5.